The van der Waals surface area contributed by atoms with Gasteiger partial charge in [0.1, 0.15) is 17.1 Å². The number of amides is 1. The minimum atomic E-state index is -0.357. The molecule has 2 aromatic carbocycles. The Kier molecular flexibility index (Phi) is 5.46. The molecule has 5 nitrogen and oxygen atoms in total. The van der Waals surface area contributed by atoms with Gasteiger partial charge in [0.05, 0.1) is 13.2 Å². The van der Waals surface area contributed by atoms with Crippen molar-refractivity contribution in [3.63, 3.8) is 0 Å². The van der Waals surface area contributed by atoms with Crippen LogP contribution in [0, 0.1) is 12.7 Å². The molecule has 0 aliphatic carbocycles. The first kappa shape index (κ1) is 18.9. The van der Waals surface area contributed by atoms with Crippen molar-refractivity contribution in [3.8, 4) is 5.75 Å². The van der Waals surface area contributed by atoms with Gasteiger partial charge in [0.15, 0.2) is 5.76 Å². The van der Waals surface area contributed by atoms with E-state index in [0.717, 1.165) is 11.3 Å². The van der Waals surface area contributed by atoms with Gasteiger partial charge in [0.2, 0.25) is 0 Å². The molecule has 0 aliphatic heterocycles. The summed E-state index contributed by atoms with van der Waals surface area (Å²) >= 11 is 0. The van der Waals surface area contributed by atoms with Gasteiger partial charge in [-0.05, 0) is 56.9 Å². The lowest BCUT2D eigenvalue weighted by Gasteiger charge is -2.25. The van der Waals surface area contributed by atoms with Crippen LogP contribution in [0.25, 0.3) is 11.0 Å². The lowest BCUT2D eigenvalue weighted by atomic mass is 10.1. The van der Waals surface area contributed by atoms with E-state index < -0.39 is 0 Å². The molecule has 0 saturated heterocycles. The SMILES string of the molecule is COc1cccc([C@@H](CNC(=O)c2oc3ccc(F)cc3c2C)N(C)C)c1. The highest BCUT2D eigenvalue weighted by atomic mass is 19.1. The zero-order chi connectivity index (χ0) is 19.6. The molecule has 1 aromatic heterocycles. The van der Waals surface area contributed by atoms with Crippen LogP contribution in [0.3, 0.4) is 0 Å². The van der Waals surface area contributed by atoms with E-state index >= 15 is 0 Å². The summed E-state index contributed by atoms with van der Waals surface area (Å²) < 4.78 is 24.4. The molecule has 1 N–H and O–H groups in total. The Morgan fingerprint density at radius 2 is 2.04 bits per heavy atom. The second-order valence-electron chi connectivity index (χ2n) is 6.66. The van der Waals surface area contributed by atoms with Gasteiger partial charge < -0.3 is 19.4 Å². The molecule has 0 fully saturated rings. The molecule has 0 bridgehead atoms. The Labute approximate surface area is 157 Å². The van der Waals surface area contributed by atoms with Crippen molar-refractivity contribution in [2.45, 2.75) is 13.0 Å². The largest absolute Gasteiger partial charge is 0.497 e. The second kappa shape index (κ2) is 7.80. The van der Waals surface area contributed by atoms with E-state index in [1.807, 2.05) is 43.3 Å². The predicted octanol–water partition coefficient (Wildman–Crippen LogP) is 3.92. The second-order valence-corrected chi connectivity index (χ2v) is 6.66. The van der Waals surface area contributed by atoms with Crippen LogP contribution in [-0.4, -0.2) is 38.6 Å². The topological polar surface area (TPSA) is 54.7 Å². The van der Waals surface area contributed by atoms with Crippen LogP contribution in [0.1, 0.15) is 27.7 Å². The van der Waals surface area contributed by atoms with E-state index in [2.05, 4.69) is 5.32 Å². The number of carbonyl (C=O) groups is 1. The molecule has 0 saturated carbocycles. The third kappa shape index (κ3) is 3.95. The molecule has 6 heteroatoms. The molecule has 27 heavy (non-hydrogen) atoms. The van der Waals surface area contributed by atoms with Gasteiger partial charge in [-0.2, -0.15) is 0 Å². The summed E-state index contributed by atoms with van der Waals surface area (Å²) in [6, 6.07) is 11.9. The Balaban J connectivity index is 1.79. The van der Waals surface area contributed by atoms with Gasteiger partial charge in [0.25, 0.3) is 5.91 Å². The third-order valence-electron chi connectivity index (χ3n) is 4.66. The van der Waals surface area contributed by atoms with Gasteiger partial charge in [-0.15, -0.1) is 0 Å². The molecule has 1 heterocycles. The Hall–Kier alpha value is -2.86. The first-order valence-electron chi connectivity index (χ1n) is 8.68. The maximum atomic E-state index is 13.5. The number of carbonyl (C=O) groups excluding carboxylic acids is 1. The van der Waals surface area contributed by atoms with Crippen molar-refractivity contribution in [1.82, 2.24) is 10.2 Å². The number of aryl methyl sites for hydroxylation is 1. The first-order valence-corrected chi connectivity index (χ1v) is 8.68. The average molecular weight is 370 g/mol. The highest BCUT2D eigenvalue weighted by Gasteiger charge is 2.21. The van der Waals surface area contributed by atoms with Crippen molar-refractivity contribution >= 4 is 16.9 Å². The van der Waals surface area contributed by atoms with Crippen LogP contribution in [-0.2, 0) is 0 Å². The lowest BCUT2D eigenvalue weighted by molar-refractivity contribution is 0.0915. The molecular formula is C21H23FN2O3. The Morgan fingerprint density at radius 3 is 2.74 bits per heavy atom. The summed E-state index contributed by atoms with van der Waals surface area (Å²) in [6.45, 7) is 2.15. The first-order chi connectivity index (χ1) is 12.9. The molecule has 0 spiro atoms. The van der Waals surface area contributed by atoms with Crippen LogP contribution < -0.4 is 10.1 Å². The molecule has 0 aliphatic rings. The molecular weight excluding hydrogens is 347 g/mol. The van der Waals surface area contributed by atoms with Crippen LogP contribution in [0.2, 0.25) is 0 Å². The van der Waals surface area contributed by atoms with Crippen molar-refractivity contribution in [2.24, 2.45) is 0 Å². The number of hydrogen-bond acceptors (Lipinski definition) is 4. The molecule has 142 valence electrons. The minimum Gasteiger partial charge on any atom is -0.497 e. The van der Waals surface area contributed by atoms with E-state index in [9.17, 15) is 9.18 Å². The van der Waals surface area contributed by atoms with E-state index in [1.54, 1.807) is 14.0 Å². The van der Waals surface area contributed by atoms with Crippen LogP contribution in [0.5, 0.6) is 5.75 Å². The van der Waals surface area contributed by atoms with Gasteiger partial charge in [0, 0.05) is 17.5 Å². The molecule has 1 atom stereocenters. The Bertz CT molecular complexity index is 965. The summed E-state index contributed by atoms with van der Waals surface area (Å²) in [5.74, 6) is 0.294. The summed E-state index contributed by atoms with van der Waals surface area (Å²) in [5, 5.41) is 3.53. The summed E-state index contributed by atoms with van der Waals surface area (Å²) in [6.07, 6.45) is 0. The van der Waals surface area contributed by atoms with Crippen LogP contribution >= 0.6 is 0 Å². The number of ether oxygens (including phenoxy) is 1. The number of methoxy groups -OCH3 is 1. The van der Waals surface area contributed by atoms with Crippen molar-refractivity contribution in [3.05, 3.63) is 65.2 Å². The van der Waals surface area contributed by atoms with Gasteiger partial charge in [-0.25, -0.2) is 4.39 Å². The molecule has 3 aromatic rings. The van der Waals surface area contributed by atoms with Crippen molar-refractivity contribution in [1.29, 1.82) is 0 Å². The number of halogens is 1. The van der Waals surface area contributed by atoms with E-state index in [-0.39, 0.29) is 23.5 Å². The number of furan rings is 1. The Morgan fingerprint density at radius 1 is 1.26 bits per heavy atom. The highest BCUT2D eigenvalue weighted by Crippen LogP contribution is 2.26. The average Bonchev–Trinajstić information content (AvgIpc) is 2.98. The summed E-state index contributed by atoms with van der Waals surface area (Å²) in [4.78, 5) is 14.7. The van der Waals surface area contributed by atoms with E-state index in [0.29, 0.717) is 23.1 Å². The van der Waals surface area contributed by atoms with Crippen molar-refractivity contribution in [2.75, 3.05) is 27.7 Å². The fourth-order valence-corrected chi connectivity index (χ4v) is 3.13. The van der Waals surface area contributed by atoms with Gasteiger partial charge >= 0.3 is 0 Å². The quantitative estimate of drug-likeness (QED) is 0.715. The number of nitrogens with one attached hydrogen (secondary N) is 1. The standard InChI is InChI=1S/C21H23FN2O3/c1-13-17-11-15(22)8-9-19(17)27-20(13)21(25)23-12-18(24(2)3)14-6-5-7-16(10-14)26-4/h5-11,18H,12H2,1-4H3,(H,23,25)/t18-/m1/s1. The summed E-state index contributed by atoms with van der Waals surface area (Å²) in [5.41, 5.74) is 2.16. The number of rotatable bonds is 6. The summed E-state index contributed by atoms with van der Waals surface area (Å²) in [7, 11) is 5.52. The lowest BCUT2D eigenvalue weighted by Crippen LogP contribution is -2.34. The van der Waals surface area contributed by atoms with Crippen molar-refractivity contribution < 1.29 is 18.3 Å². The normalized spacial score (nSPS) is 12.4. The van der Waals surface area contributed by atoms with Gasteiger partial charge in [-0.3, -0.25) is 4.79 Å². The number of likely N-dealkylation sites (N-methyl/N-ethyl adjacent to an activating group) is 1. The van der Waals surface area contributed by atoms with Gasteiger partial charge in [-0.1, -0.05) is 12.1 Å². The zero-order valence-corrected chi connectivity index (χ0v) is 15.9. The predicted molar refractivity (Wildman–Crippen MR) is 103 cm³/mol. The van der Waals surface area contributed by atoms with E-state index in [1.165, 1.54) is 18.2 Å². The number of nitrogens with zero attached hydrogens (tertiary/aromatic N) is 1. The third-order valence-corrected chi connectivity index (χ3v) is 4.66. The molecule has 3 rings (SSSR count). The highest BCUT2D eigenvalue weighted by molar-refractivity contribution is 5.98. The fraction of sp³-hybridized carbons (Fsp3) is 0.286. The van der Waals surface area contributed by atoms with Crippen LogP contribution in [0.15, 0.2) is 46.9 Å². The number of benzene rings is 2. The van der Waals surface area contributed by atoms with E-state index in [4.69, 9.17) is 9.15 Å². The zero-order valence-electron chi connectivity index (χ0n) is 15.9. The maximum Gasteiger partial charge on any atom is 0.287 e. The smallest absolute Gasteiger partial charge is 0.287 e. The molecule has 0 unspecified atom stereocenters. The number of hydrogen-bond donors (Lipinski definition) is 1. The monoisotopic (exact) mass is 370 g/mol. The van der Waals surface area contributed by atoms with Crippen LogP contribution in [0.4, 0.5) is 4.39 Å². The molecule has 0 radical (unpaired) electrons. The molecule has 1 amide bonds. The number of fused-ring (bicyclic) bond motifs is 1. The fourth-order valence-electron chi connectivity index (χ4n) is 3.13. The minimum absolute atomic E-state index is 0.0359. The maximum absolute atomic E-state index is 13.5.